The summed E-state index contributed by atoms with van der Waals surface area (Å²) in [5.41, 5.74) is 0. The Labute approximate surface area is 97.2 Å². The van der Waals surface area contributed by atoms with Gasteiger partial charge in [-0.1, -0.05) is 0 Å². The lowest BCUT2D eigenvalue weighted by Crippen LogP contribution is -2.36. The second-order valence-corrected chi connectivity index (χ2v) is 3.68. The first-order chi connectivity index (χ1) is 8.09. The largest absolute Gasteiger partial charge is 0.275 e. The minimum Gasteiger partial charge on any atom is -0.275 e. The smallest absolute Gasteiger partial charge is 0.253 e. The topological polar surface area (TPSA) is 74.8 Å². The first-order valence-corrected chi connectivity index (χ1v) is 5.16. The van der Waals surface area contributed by atoms with Gasteiger partial charge >= 0.3 is 0 Å². The van der Waals surface area contributed by atoms with E-state index in [1.54, 1.807) is 0 Å². The summed E-state index contributed by atoms with van der Waals surface area (Å²) in [4.78, 5) is 47.0. The van der Waals surface area contributed by atoms with Gasteiger partial charge in [0.15, 0.2) is 0 Å². The Kier molecular flexibility index (Phi) is 2.86. The SMILES string of the molecule is O=C1C=CC(=O)N1CCCN1C(=O)C=CC1=O. The Balaban J connectivity index is 1.81. The predicted molar refractivity (Wildman–Crippen MR) is 56.3 cm³/mol. The first kappa shape index (κ1) is 11.3. The standard InChI is InChI=1S/C11H10N2O4/c14-8-2-3-9(15)12(8)6-1-7-13-10(16)4-5-11(13)17/h2-5H,1,6-7H2. The average Bonchev–Trinajstić information content (AvgIpc) is 2.77. The lowest BCUT2D eigenvalue weighted by Gasteiger charge is -2.17. The molecule has 0 atom stereocenters. The molecule has 0 aromatic heterocycles. The van der Waals surface area contributed by atoms with Gasteiger partial charge in [-0.2, -0.15) is 0 Å². The Morgan fingerprint density at radius 1 is 0.647 bits per heavy atom. The summed E-state index contributed by atoms with van der Waals surface area (Å²) in [5, 5.41) is 0. The molecule has 0 saturated carbocycles. The van der Waals surface area contributed by atoms with Gasteiger partial charge in [-0.05, 0) is 6.42 Å². The van der Waals surface area contributed by atoms with Crippen molar-refractivity contribution in [3.8, 4) is 0 Å². The van der Waals surface area contributed by atoms with Crippen molar-refractivity contribution in [2.45, 2.75) is 6.42 Å². The quantitative estimate of drug-likeness (QED) is 0.598. The van der Waals surface area contributed by atoms with E-state index in [2.05, 4.69) is 0 Å². The van der Waals surface area contributed by atoms with Gasteiger partial charge < -0.3 is 0 Å². The fourth-order valence-electron chi connectivity index (χ4n) is 1.69. The van der Waals surface area contributed by atoms with Crippen LogP contribution in [0.25, 0.3) is 0 Å². The van der Waals surface area contributed by atoms with Crippen molar-refractivity contribution in [2.75, 3.05) is 13.1 Å². The fourth-order valence-corrected chi connectivity index (χ4v) is 1.69. The third-order valence-corrected chi connectivity index (χ3v) is 2.56. The van der Waals surface area contributed by atoms with Gasteiger partial charge in [0.25, 0.3) is 23.6 Å². The molecule has 17 heavy (non-hydrogen) atoms. The fraction of sp³-hybridized carbons (Fsp3) is 0.273. The molecule has 6 heteroatoms. The molecule has 0 spiro atoms. The summed E-state index contributed by atoms with van der Waals surface area (Å²) in [5.74, 6) is -1.42. The molecular formula is C11H10N2O4. The summed E-state index contributed by atoms with van der Waals surface area (Å²) >= 11 is 0. The van der Waals surface area contributed by atoms with Gasteiger partial charge in [-0.25, -0.2) is 0 Å². The molecule has 2 rings (SSSR count). The molecular weight excluding hydrogens is 224 g/mol. The highest BCUT2D eigenvalue weighted by atomic mass is 16.2. The van der Waals surface area contributed by atoms with Crippen molar-refractivity contribution >= 4 is 23.6 Å². The summed E-state index contributed by atoms with van der Waals surface area (Å²) < 4.78 is 0. The Morgan fingerprint density at radius 3 is 1.24 bits per heavy atom. The normalized spacial score (nSPS) is 19.1. The van der Waals surface area contributed by atoms with Gasteiger partial charge in [0, 0.05) is 37.4 Å². The van der Waals surface area contributed by atoms with E-state index >= 15 is 0 Å². The predicted octanol–water partition coefficient (Wildman–Crippen LogP) is -0.773. The highest BCUT2D eigenvalue weighted by molar-refractivity contribution is 6.13. The molecule has 0 N–H and O–H groups in total. The van der Waals surface area contributed by atoms with Crippen LogP contribution in [0, 0.1) is 0 Å². The number of amides is 4. The van der Waals surface area contributed by atoms with Crippen molar-refractivity contribution < 1.29 is 19.2 Å². The van der Waals surface area contributed by atoms with E-state index in [4.69, 9.17) is 0 Å². The van der Waals surface area contributed by atoms with Crippen LogP contribution in [0.4, 0.5) is 0 Å². The molecule has 6 nitrogen and oxygen atoms in total. The van der Waals surface area contributed by atoms with E-state index in [9.17, 15) is 19.2 Å². The van der Waals surface area contributed by atoms with Gasteiger partial charge in [-0.15, -0.1) is 0 Å². The molecule has 88 valence electrons. The molecule has 2 aliphatic heterocycles. The molecule has 0 radical (unpaired) electrons. The number of hydrogen-bond donors (Lipinski definition) is 0. The molecule has 0 aromatic carbocycles. The number of rotatable bonds is 4. The summed E-state index contributed by atoms with van der Waals surface area (Å²) in [7, 11) is 0. The highest BCUT2D eigenvalue weighted by Crippen LogP contribution is 2.07. The van der Waals surface area contributed by atoms with Gasteiger partial charge in [-0.3, -0.25) is 29.0 Å². The van der Waals surface area contributed by atoms with Gasteiger partial charge in [0.2, 0.25) is 0 Å². The molecule has 4 amide bonds. The number of imide groups is 2. The maximum absolute atomic E-state index is 11.2. The monoisotopic (exact) mass is 234 g/mol. The van der Waals surface area contributed by atoms with Crippen LogP contribution in [0.15, 0.2) is 24.3 Å². The number of carbonyl (C=O) groups is 4. The molecule has 0 fully saturated rings. The van der Waals surface area contributed by atoms with E-state index in [-0.39, 0.29) is 36.7 Å². The Hall–Kier alpha value is -2.24. The number of carbonyl (C=O) groups excluding carboxylic acids is 4. The molecule has 2 heterocycles. The van der Waals surface area contributed by atoms with Crippen LogP contribution in [-0.2, 0) is 19.2 Å². The molecule has 0 aliphatic carbocycles. The average molecular weight is 234 g/mol. The number of nitrogens with zero attached hydrogens (tertiary/aromatic N) is 2. The second-order valence-electron chi connectivity index (χ2n) is 3.68. The molecule has 0 aromatic rings. The minimum atomic E-state index is -0.354. The van der Waals surface area contributed by atoms with E-state index in [0.29, 0.717) is 6.42 Å². The van der Waals surface area contributed by atoms with Crippen molar-refractivity contribution in [3.63, 3.8) is 0 Å². The van der Waals surface area contributed by atoms with Crippen molar-refractivity contribution in [1.29, 1.82) is 0 Å². The van der Waals surface area contributed by atoms with Crippen LogP contribution in [0.2, 0.25) is 0 Å². The summed E-state index contributed by atoms with van der Waals surface area (Å²) in [6.07, 6.45) is 5.20. The lowest BCUT2D eigenvalue weighted by atomic mass is 10.3. The van der Waals surface area contributed by atoms with E-state index in [1.807, 2.05) is 0 Å². The Morgan fingerprint density at radius 2 is 0.941 bits per heavy atom. The van der Waals surface area contributed by atoms with Crippen LogP contribution >= 0.6 is 0 Å². The molecule has 0 saturated heterocycles. The van der Waals surface area contributed by atoms with E-state index < -0.39 is 0 Å². The van der Waals surface area contributed by atoms with Crippen LogP contribution in [0.5, 0.6) is 0 Å². The maximum atomic E-state index is 11.2. The minimum absolute atomic E-state index is 0.210. The lowest BCUT2D eigenvalue weighted by molar-refractivity contribution is -0.136. The summed E-state index contributed by atoms with van der Waals surface area (Å²) in [6.45, 7) is 0.420. The van der Waals surface area contributed by atoms with Crippen LogP contribution in [-0.4, -0.2) is 46.5 Å². The maximum Gasteiger partial charge on any atom is 0.253 e. The Bertz CT molecular complexity index is 386. The van der Waals surface area contributed by atoms with Crippen molar-refractivity contribution in [3.05, 3.63) is 24.3 Å². The van der Waals surface area contributed by atoms with Crippen LogP contribution < -0.4 is 0 Å². The summed E-state index contributed by atoms with van der Waals surface area (Å²) in [6, 6.07) is 0. The van der Waals surface area contributed by atoms with E-state index in [0.717, 1.165) is 9.80 Å². The third kappa shape index (κ3) is 2.15. The van der Waals surface area contributed by atoms with Gasteiger partial charge in [0.05, 0.1) is 0 Å². The highest BCUT2D eigenvalue weighted by Gasteiger charge is 2.25. The van der Waals surface area contributed by atoms with Crippen LogP contribution in [0.3, 0.4) is 0 Å². The van der Waals surface area contributed by atoms with Crippen LogP contribution in [0.1, 0.15) is 6.42 Å². The number of hydrogen-bond acceptors (Lipinski definition) is 4. The zero-order valence-electron chi connectivity index (χ0n) is 8.96. The second kappa shape index (κ2) is 4.32. The molecule has 0 unspecified atom stereocenters. The van der Waals surface area contributed by atoms with Crippen molar-refractivity contribution in [1.82, 2.24) is 9.80 Å². The van der Waals surface area contributed by atoms with Gasteiger partial charge in [0.1, 0.15) is 0 Å². The van der Waals surface area contributed by atoms with E-state index in [1.165, 1.54) is 24.3 Å². The first-order valence-electron chi connectivity index (χ1n) is 5.16. The zero-order valence-corrected chi connectivity index (χ0v) is 8.96. The zero-order chi connectivity index (χ0) is 12.4. The molecule has 0 bridgehead atoms. The molecule has 2 aliphatic rings. The third-order valence-electron chi connectivity index (χ3n) is 2.56. The van der Waals surface area contributed by atoms with Crippen molar-refractivity contribution in [2.24, 2.45) is 0 Å².